The summed E-state index contributed by atoms with van der Waals surface area (Å²) in [5.74, 6) is 0.442. The Labute approximate surface area is 109 Å². The number of amides is 2. The number of hydrogen-bond donors (Lipinski definition) is 2. The normalized spacial score (nSPS) is 13.3. The lowest BCUT2D eigenvalue weighted by Gasteiger charge is -2.14. The number of allylic oxidation sites excluding steroid dienone is 1. The van der Waals surface area contributed by atoms with Gasteiger partial charge in [-0.3, -0.25) is 0 Å². The smallest absolute Gasteiger partial charge is 0.319 e. The standard InChI is InChI=1S/C15H22N2O/c1-11(2)12(3)10-16-15(18)17-13(4)14-8-6-5-7-9-14/h5-11,13H,1-4H3,(H2,16,17,18)/b12-10+. The van der Waals surface area contributed by atoms with Crippen LogP contribution >= 0.6 is 0 Å². The van der Waals surface area contributed by atoms with Gasteiger partial charge in [0.1, 0.15) is 0 Å². The fourth-order valence-electron chi connectivity index (χ4n) is 1.41. The van der Waals surface area contributed by atoms with Crippen LogP contribution in [0.4, 0.5) is 4.79 Å². The van der Waals surface area contributed by atoms with Crippen LogP contribution in [0.1, 0.15) is 39.3 Å². The Morgan fingerprint density at radius 3 is 2.33 bits per heavy atom. The SMILES string of the molecule is C/C(=C\NC(=O)NC(C)c1ccccc1)C(C)C. The van der Waals surface area contributed by atoms with Crippen LogP contribution in [0.25, 0.3) is 0 Å². The monoisotopic (exact) mass is 246 g/mol. The molecule has 1 unspecified atom stereocenters. The van der Waals surface area contributed by atoms with Crippen LogP contribution < -0.4 is 10.6 Å². The molecule has 3 heteroatoms. The van der Waals surface area contributed by atoms with E-state index in [1.54, 1.807) is 6.20 Å². The van der Waals surface area contributed by atoms with Crippen molar-refractivity contribution in [3.63, 3.8) is 0 Å². The molecule has 1 rings (SSSR count). The van der Waals surface area contributed by atoms with E-state index in [-0.39, 0.29) is 12.1 Å². The summed E-state index contributed by atoms with van der Waals surface area (Å²) in [7, 11) is 0. The van der Waals surface area contributed by atoms with Gasteiger partial charge in [-0.1, -0.05) is 49.8 Å². The number of carbonyl (C=O) groups is 1. The maximum atomic E-state index is 11.7. The van der Waals surface area contributed by atoms with Crippen LogP contribution in [0, 0.1) is 5.92 Å². The molecule has 0 aromatic heterocycles. The third-order valence-electron chi connectivity index (χ3n) is 2.99. The van der Waals surface area contributed by atoms with E-state index in [0.29, 0.717) is 5.92 Å². The average Bonchev–Trinajstić information content (AvgIpc) is 2.36. The molecule has 0 aliphatic heterocycles. The third kappa shape index (κ3) is 4.62. The Morgan fingerprint density at radius 1 is 1.17 bits per heavy atom. The van der Waals surface area contributed by atoms with Crippen LogP contribution in [0.2, 0.25) is 0 Å². The predicted molar refractivity (Wildman–Crippen MR) is 75.1 cm³/mol. The molecule has 18 heavy (non-hydrogen) atoms. The molecule has 98 valence electrons. The fourth-order valence-corrected chi connectivity index (χ4v) is 1.41. The molecule has 0 bridgehead atoms. The van der Waals surface area contributed by atoms with E-state index >= 15 is 0 Å². The number of nitrogens with one attached hydrogen (secondary N) is 2. The Balaban J connectivity index is 2.48. The lowest BCUT2D eigenvalue weighted by molar-refractivity contribution is 0.241. The zero-order chi connectivity index (χ0) is 13.5. The van der Waals surface area contributed by atoms with Gasteiger partial charge in [0.25, 0.3) is 0 Å². The second kappa shape index (κ2) is 6.84. The van der Waals surface area contributed by atoms with Crippen LogP contribution in [0.5, 0.6) is 0 Å². The summed E-state index contributed by atoms with van der Waals surface area (Å²) in [5, 5.41) is 5.65. The number of rotatable bonds is 4. The maximum Gasteiger partial charge on any atom is 0.319 e. The van der Waals surface area contributed by atoms with E-state index in [9.17, 15) is 4.79 Å². The number of urea groups is 1. The summed E-state index contributed by atoms with van der Waals surface area (Å²) >= 11 is 0. The van der Waals surface area contributed by atoms with Crippen molar-refractivity contribution < 1.29 is 4.79 Å². The molecular formula is C15H22N2O. The first-order valence-electron chi connectivity index (χ1n) is 6.29. The molecule has 1 atom stereocenters. The summed E-state index contributed by atoms with van der Waals surface area (Å²) in [6.45, 7) is 8.16. The first-order chi connectivity index (χ1) is 8.50. The quantitative estimate of drug-likeness (QED) is 0.837. The molecule has 2 N–H and O–H groups in total. The molecular weight excluding hydrogens is 224 g/mol. The van der Waals surface area contributed by atoms with Crippen LogP contribution in [-0.2, 0) is 0 Å². The minimum Gasteiger partial charge on any atom is -0.331 e. The minimum atomic E-state index is -0.175. The van der Waals surface area contributed by atoms with E-state index in [1.165, 1.54) is 0 Å². The highest BCUT2D eigenvalue weighted by atomic mass is 16.2. The second-order valence-corrected chi connectivity index (χ2v) is 4.79. The molecule has 0 heterocycles. The van der Waals surface area contributed by atoms with Crippen molar-refractivity contribution in [3.8, 4) is 0 Å². The molecule has 0 aliphatic rings. The van der Waals surface area contributed by atoms with Gasteiger partial charge in [0, 0.05) is 6.20 Å². The van der Waals surface area contributed by atoms with Gasteiger partial charge >= 0.3 is 6.03 Å². The van der Waals surface area contributed by atoms with Gasteiger partial charge in [-0.25, -0.2) is 4.79 Å². The highest BCUT2D eigenvalue weighted by Crippen LogP contribution is 2.10. The van der Waals surface area contributed by atoms with Gasteiger partial charge in [0.15, 0.2) is 0 Å². The molecule has 2 amide bonds. The van der Waals surface area contributed by atoms with Crippen LogP contribution in [-0.4, -0.2) is 6.03 Å². The highest BCUT2D eigenvalue weighted by Gasteiger charge is 2.07. The van der Waals surface area contributed by atoms with Crippen molar-refractivity contribution in [3.05, 3.63) is 47.7 Å². The van der Waals surface area contributed by atoms with Gasteiger partial charge < -0.3 is 10.6 Å². The van der Waals surface area contributed by atoms with E-state index in [0.717, 1.165) is 11.1 Å². The Morgan fingerprint density at radius 2 is 1.78 bits per heavy atom. The fraction of sp³-hybridized carbons (Fsp3) is 0.400. The molecule has 0 fully saturated rings. The van der Waals surface area contributed by atoms with Gasteiger partial charge in [0.2, 0.25) is 0 Å². The van der Waals surface area contributed by atoms with Crippen molar-refractivity contribution in [2.24, 2.45) is 5.92 Å². The first kappa shape index (κ1) is 14.3. The Bertz CT molecular complexity index is 410. The summed E-state index contributed by atoms with van der Waals surface area (Å²) in [5.41, 5.74) is 2.25. The van der Waals surface area contributed by atoms with Crippen molar-refractivity contribution in [2.45, 2.75) is 33.7 Å². The highest BCUT2D eigenvalue weighted by molar-refractivity contribution is 5.75. The lowest BCUT2D eigenvalue weighted by atomic mass is 10.1. The number of benzene rings is 1. The number of carbonyl (C=O) groups excluding carboxylic acids is 1. The first-order valence-corrected chi connectivity index (χ1v) is 6.29. The third-order valence-corrected chi connectivity index (χ3v) is 2.99. The van der Waals surface area contributed by atoms with Crippen molar-refractivity contribution in [1.82, 2.24) is 10.6 Å². The maximum absolute atomic E-state index is 11.7. The van der Waals surface area contributed by atoms with Gasteiger partial charge in [0.05, 0.1) is 6.04 Å². The summed E-state index contributed by atoms with van der Waals surface area (Å²) in [6, 6.07) is 9.72. The van der Waals surface area contributed by atoms with E-state index < -0.39 is 0 Å². The molecule has 0 spiro atoms. The second-order valence-electron chi connectivity index (χ2n) is 4.79. The molecule has 1 aromatic rings. The molecule has 0 saturated carbocycles. The molecule has 0 radical (unpaired) electrons. The van der Waals surface area contributed by atoms with E-state index in [1.807, 2.05) is 44.2 Å². The lowest BCUT2D eigenvalue weighted by Crippen LogP contribution is -2.34. The predicted octanol–water partition coefficient (Wildman–Crippen LogP) is 3.61. The molecule has 0 aliphatic carbocycles. The zero-order valence-electron chi connectivity index (χ0n) is 11.5. The minimum absolute atomic E-state index is 0.000967. The zero-order valence-corrected chi connectivity index (χ0v) is 11.5. The molecule has 0 saturated heterocycles. The van der Waals surface area contributed by atoms with E-state index in [2.05, 4.69) is 24.5 Å². The van der Waals surface area contributed by atoms with Crippen molar-refractivity contribution in [1.29, 1.82) is 0 Å². The molecule has 3 nitrogen and oxygen atoms in total. The summed E-state index contributed by atoms with van der Waals surface area (Å²) in [4.78, 5) is 11.7. The Kier molecular flexibility index (Phi) is 5.43. The number of hydrogen-bond acceptors (Lipinski definition) is 1. The summed E-state index contributed by atoms with van der Waals surface area (Å²) < 4.78 is 0. The van der Waals surface area contributed by atoms with Crippen LogP contribution in [0.15, 0.2) is 42.1 Å². The van der Waals surface area contributed by atoms with E-state index in [4.69, 9.17) is 0 Å². The van der Waals surface area contributed by atoms with Gasteiger partial charge in [-0.15, -0.1) is 0 Å². The van der Waals surface area contributed by atoms with Crippen molar-refractivity contribution >= 4 is 6.03 Å². The topological polar surface area (TPSA) is 41.1 Å². The van der Waals surface area contributed by atoms with Gasteiger partial charge in [-0.2, -0.15) is 0 Å². The summed E-state index contributed by atoms with van der Waals surface area (Å²) in [6.07, 6.45) is 1.76. The van der Waals surface area contributed by atoms with Crippen molar-refractivity contribution in [2.75, 3.05) is 0 Å². The largest absolute Gasteiger partial charge is 0.331 e. The average molecular weight is 246 g/mol. The Hall–Kier alpha value is -1.77. The molecule has 1 aromatic carbocycles. The van der Waals surface area contributed by atoms with Crippen LogP contribution in [0.3, 0.4) is 0 Å². The van der Waals surface area contributed by atoms with Gasteiger partial charge in [-0.05, 0) is 25.3 Å².